The van der Waals surface area contributed by atoms with Gasteiger partial charge in [0.2, 0.25) is 0 Å². The topological polar surface area (TPSA) is 38.0 Å². The van der Waals surface area contributed by atoms with Crippen molar-refractivity contribution in [2.45, 2.75) is 19.8 Å². The molecule has 0 atom stereocenters. The van der Waals surface area contributed by atoms with Crippen molar-refractivity contribution in [1.82, 2.24) is 0 Å². The number of nitrogens with one attached hydrogen (secondary N) is 1. The van der Waals surface area contributed by atoms with Crippen molar-refractivity contribution in [1.29, 1.82) is 0 Å². The predicted molar refractivity (Wildman–Crippen MR) is 65.2 cm³/mol. The maximum atomic E-state index is 5.96. The fourth-order valence-corrected chi connectivity index (χ4v) is 1.66. The highest BCUT2D eigenvalue weighted by Crippen LogP contribution is 2.26. The van der Waals surface area contributed by atoms with Crippen molar-refractivity contribution in [3.63, 3.8) is 0 Å². The molecule has 1 aromatic carbocycles. The van der Waals surface area contributed by atoms with E-state index in [0.717, 1.165) is 35.5 Å². The SMILES string of the molecule is CCCC=C1Nc2ccccc2C=C1N. The van der Waals surface area contributed by atoms with Gasteiger partial charge in [0.1, 0.15) is 0 Å². The third kappa shape index (κ3) is 2.04. The van der Waals surface area contributed by atoms with E-state index in [4.69, 9.17) is 5.73 Å². The quantitative estimate of drug-likeness (QED) is 0.769. The minimum absolute atomic E-state index is 0.821. The fraction of sp³-hybridized carbons (Fsp3) is 0.231. The summed E-state index contributed by atoms with van der Waals surface area (Å²) in [6.45, 7) is 2.16. The summed E-state index contributed by atoms with van der Waals surface area (Å²) >= 11 is 0. The Hall–Kier alpha value is -1.70. The standard InChI is InChI=1S/C13H16N2/c1-2-3-7-13-11(14)9-10-6-4-5-8-12(10)15-13/h4-9,15H,2-3,14H2,1H3. The Bertz CT molecular complexity index is 416. The summed E-state index contributed by atoms with van der Waals surface area (Å²) in [6.07, 6.45) is 6.37. The van der Waals surface area contributed by atoms with E-state index in [1.165, 1.54) is 0 Å². The second kappa shape index (κ2) is 4.22. The van der Waals surface area contributed by atoms with Crippen molar-refractivity contribution in [2.75, 3.05) is 5.32 Å². The Morgan fingerprint density at radius 1 is 1.33 bits per heavy atom. The van der Waals surface area contributed by atoms with Crippen molar-refractivity contribution < 1.29 is 0 Å². The van der Waals surface area contributed by atoms with E-state index >= 15 is 0 Å². The Balaban J connectivity index is 2.32. The summed E-state index contributed by atoms with van der Waals surface area (Å²) in [5.41, 5.74) is 10.1. The van der Waals surface area contributed by atoms with Gasteiger partial charge in [-0.1, -0.05) is 37.6 Å². The molecule has 0 fully saturated rings. The van der Waals surface area contributed by atoms with E-state index in [9.17, 15) is 0 Å². The van der Waals surface area contributed by atoms with Crippen molar-refractivity contribution in [2.24, 2.45) is 5.73 Å². The lowest BCUT2D eigenvalue weighted by molar-refractivity contribution is 0.949. The highest BCUT2D eigenvalue weighted by Gasteiger charge is 2.10. The first kappa shape index (κ1) is 9.84. The molecule has 2 rings (SSSR count). The van der Waals surface area contributed by atoms with Gasteiger partial charge in [-0.3, -0.25) is 0 Å². The van der Waals surface area contributed by atoms with Gasteiger partial charge in [0.05, 0.1) is 11.4 Å². The normalized spacial score (nSPS) is 16.9. The van der Waals surface area contributed by atoms with E-state index < -0.39 is 0 Å². The van der Waals surface area contributed by atoms with Gasteiger partial charge in [0.25, 0.3) is 0 Å². The molecule has 1 aliphatic heterocycles. The highest BCUT2D eigenvalue weighted by atomic mass is 14.9. The minimum Gasteiger partial charge on any atom is -0.397 e. The van der Waals surface area contributed by atoms with Crippen molar-refractivity contribution in [3.8, 4) is 0 Å². The Morgan fingerprint density at radius 2 is 2.13 bits per heavy atom. The number of fused-ring (bicyclic) bond motifs is 1. The molecular weight excluding hydrogens is 184 g/mol. The first-order valence-electron chi connectivity index (χ1n) is 5.35. The molecule has 1 aromatic rings. The number of unbranched alkanes of at least 4 members (excludes halogenated alkanes) is 1. The molecule has 15 heavy (non-hydrogen) atoms. The van der Waals surface area contributed by atoms with E-state index in [0.29, 0.717) is 0 Å². The number of hydrogen-bond acceptors (Lipinski definition) is 2. The monoisotopic (exact) mass is 200 g/mol. The van der Waals surface area contributed by atoms with E-state index in [2.05, 4.69) is 30.4 Å². The minimum atomic E-state index is 0.821. The Labute approximate surface area is 90.5 Å². The molecule has 1 aliphatic rings. The van der Waals surface area contributed by atoms with E-state index in [1.54, 1.807) is 0 Å². The number of benzene rings is 1. The molecular formula is C13H16N2. The van der Waals surface area contributed by atoms with Crippen LogP contribution in [-0.2, 0) is 0 Å². The lowest BCUT2D eigenvalue weighted by Crippen LogP contribution is -2.14. The van der Waals surface area contributed by atoms with Gasteiger partial charge in [-0.25, -0.2) is 0 Å². The highest BCUT2D eigenvalue weighted by molar-refractivity contribution is 5.77. The van der Waals surface area contributed by atoms with Gasteiger partial charge in [0, 0.05) is 11.3 Å². The number of anilines is 1. The molecule has 78 valence electrons. The maximum Gasteiger partial charge on any atom is 0.0577 e. The van der Waals surface area contributed by atoms with Crippen LogP contribution in [0.1, 0.15) is 25.3 Å². The zero-order valence-corrected chi connectivity index (χ0v) is 8.96. The first-order chi connectivity index (χ1) is 7.31. The number of hydrogen-bond donors (Lipinski definition) is 2. The lowest BCUT2D eigenvalue weighted by atomic mass is 10.1. The number of allylic oxidation sites excluding steroid dienone is 1. The van der Waals surface area contributed by atoms with Crippen LogP contribution in [-0.4, -0.2) is 0 Å². The summed E-state index contributed by atoms with van der Waals surface area (Å²) in [6, 6.07) is 8.17. The molecule has 0 unspecified atom stereocenters. The fourth-order valence-electron chi connectivity index (χ4n) is 1.66. The molecule has 0 saturated heterocycles. The Kier molecular flexibility index (Phi) is 2.77. The van der Waals surface area contributed by atoms with E-state index in [1.807, 2.05) is 18.2 Å². The van der Waals surface area contributed by atoms with Crippen LogP contribution in [0, 0.1) is 0 Å². The number of rotatable bonds is 2. The third-order valence-electron chi connectivity index (χ3n) is 2.49. The van der Waals surface area contributed by atoms with E-state index in [-0.39, 0.29) is 0 Å². The van der Waals surface area contributed by atoms with Crippen LogP contribution < -0.4 is 11.1 Å². The number of para-hydroxylation sites is 1. The molecule has 0 amide bonds. The first-order valence-corrected chi connectivity index (χ1v) is 5.35. The average Bonchev–Trinajstić information content (AvgIpc) is 2.26. The van der Waals surface area contributed by atoms with Gasteiger partial charge in [0.15, 0.2) is 0 Å². The molecule has 0 radical (unpaired) electrons. The van der Waals surface area contributed by atoms with Gasteiger partial charge >= 0.3 is 0 Å². The van der Waals surface area contributed by atoms with Gasteiger partial charge < -0.3 is 11.1 Å². The molecule has 2 nitrogen and oxygen atoms in total. The Morgan fingerprint density at radius 3 is 2.93 bits per heavy atom. The average molecular weight is 200 g/mol. The van der Waals surface area contributed by atoms with Crippen LogP contribution in [0.3, 0.4) is 0 Å². The molecule has 0 bridgehead atoms. The maximum absolute atomic E-state index is 5.96. The zero-order chi connectivity index (χ0) is 10.7. The van der Waals surface area contributed by atoms with Crippen LogP contribution in [0.15, 0.2) is 41.7 Å². The van der Waals surface area contributed by atoms with Gasteiger partial charge in [-0.2, -0.15) is 0 Å². The summed E-state index contributed by atoms with van der Waals surface area (Å²) in [5, 5.41) is 3.35. The summed E-state index contributed by atoms with van der Waals surface area (Å²) in [5.74, 6) is 0. The van der Waals surface area contributed by atoms with Crippen LogP contribution in [0.5, 0.6) is 0 Å². The van der Waals surface area contributed by atoms with Crippen LogP contribution in [0.25, 0.3) is 6.08 Å². The molecule has 3 N–H and O–H groups in total. The van der Waals surface area contributed by atoms with Gasteiger partial charge in [-0.15, -0.1) is 0 Å². The van der Waals surface area contributed by atoms with Crippen LogP contribution in [0.4, 0.5) is 5.69 Å². The largest absolute Gasteiger partial charge is 0.397 e. The predicted octanol–water partition coefficient (Wildman–Crippen LogP) is 3.10. The van der Waals surface area contributed by atoms with Crippen LogP contribution in [0.2, 0.25) is 0 Å². The third-order valence-corrected chi connectivity index (χ3v) is 2.49. The molecule has 0 aromatic heterocycles. The number of nitrogens with two attached hydrogens (primary N) is 1. The van der Waals surface area contributed by atoms with Gasteiger partial charge in [-0.05, 0) is 18.6 Å². The lowest BCUT2D eigenvalue weighted by Gasteiger charge is -2.19. The summed E-state index contributed by atoms with van der Waals surface area (Å²) < 4.78 is 0. The molecule has 0 aliphatic carbocycles. The second-order valence-corrected chi connectivity index (χ2v) is 3.72. The van der Waals surface area contributed by atoms with Crippen LogP contribution >= 0.6 is 0 Å². The smallest absolute Gasteiger partial charge is 0.0577 e. The molecule has 0 saturated carbocycles. The molecule has 1 heterocycles. The summed E-state index contributed by atoms with van der Waals surface area (Å²) in [7, 11) is 0. The second-order valence-electron chi connectivity index (χ2n) is 3.72. The summed E-state index contributed by atoms with van der Waals surface area (Å²) in [4.78, 5) is 0. The van der Waals surface area contributed by atoms with Crippen molar-refractivity contribution in [3.05, 3.63) is 47.3 Å². The van der Waals surface area contributed by atoms with Crippen molar-refractivity contribution >= 4 is 11.8 Å². The zero-order valence-electron chi connectivity index (χ0n) is 8.96. The molecule has 2 heteroatoms. The molecule has 0 spiro atoms.